The second-order valence-corrected chi connectivity index (χ2v) is 9.55. The van der Waals surface area contributed by atoms with E-state index in [1.54, 1.807) is 12.1 Å². The van der Waals surface area contributed by atoms with Crippen LogP contribution in [0.4, 0.5) is 18.0 Å². The van der Waals surface area contributed by atoms with Gasteiger partial charge in [-0.05, 0) is 48.7 Å². The maximum atomic E-state index is 13.7. The van der Waals surface area contributed by atoms with E-state index in [0.717, 1.165) is 43.4 Å². The molecule has 4 nitrogen and oxygen atoms in total. The topological polar surface area (TPSA) is 54.0 Å². The maximum absolute atomic E-state index is 13.7. The molecule has 0 spiro atoms. The van der Waals surface area contributed by atoms with Crippen molar-refractivity contribution in [3.8, 4) is 0 Å². The summed E-state index contributed by atoms with van der Waals surface area (Å²) in [6.07, 6.45) is 0.634. The van der Waals surface area contributed by atoms with E-state index >= 15 is 0 Å². The van der Waals surface area contributed by atoms with Gasteiger partial charge >= 0.3 is 12.2 Å². The van der Waals surface area contributed by atoms with Crippen molar-refractivity contribution in [2.24, 2.45) is 0 Å². The molecule has 0 saturated heterocycles. The third-order valence-electron chi connectivity index (χ3n) is 6.25. The van der Waals surface area contributed by atoms with E-state index in [-0.39, 0.29) is 23.0 Å². The van der Waals surface area contributed by atoms with E-state index in [4.69, 9.17) is 23.2 Å². The summed E-state index contributed by atoms with van der Waals surface area (Å²) >= 11 is 12.6. The zero-order valence-corrected chi connectivity index (χ0v) is 20.2. The molecule has 1 aromatic heterocycles. The number of carbonyl (C=O) groups excluding carboxylic acids is 1. The molecule has 35 heavy (non-hydrogen) atoms. The number of nitrogens with one attached hydrogen (secondary N) is 2. The van der Waals surface area contributed by atoms with Gasteiger partial charge in [0, 0.05) is 29.2 Å². The van der Waals surface area contributed by atoms with Gasteiger partial charge in [-0.15, -0.1) is 0 Å². The lowest BCUT2D eigenvalue weighted by Crippen LogP contribution is -2.54. The van der Waals surface area contributed by atoms with Crippen LogP contribution in [0.2, 0.25) is 10.0 Å². The van der Waals surface area contributed by atoms with Crippen LogP contribution in [-0.4, -0.2) is 17.1 Å². The van der Waals surface area contributed by atoms with Crippen LogP contribution in [-0.2, 0) is 18.1 Å². The van der Waals surface area contributed by atoms with E-state index in [0.29, 0.717) is 10.7 Å². The molecule has 4 rings (SSSR count). The molecule has 2 N–H and O–H groups in total. The number of pyridine rings is 1. The molecule has 1 atom stereocenters. The third kappa shape index (κ3) is 5.90. The fourth-order valence-corrected chi connectivity index (χ4v) is 4.93. The Morgan fingerprint density at radius 2 is 1.71 bits per heavy atom. The molecule has 9 heteroatoms. The minimum absolute atomic E-state index is 0.000385. The summed E-state index contributed by atoms with van der Waals surface area (Å²) < 4.78 is 41.2. The van der Waals surface area contributed by atoms with E-state index < -0.39 is 23.3 Å². The van der Waals surface area contributed by atoms with Gasteiger partial charge in [-0.25, -0.2) is 4.79 Å². The molecule has 3 aromatic rings. The number of hydrogen-bond acceptors (Lipinski definition) is 2. The summed E-state index contributed by atoms with van der Waals surface area (Å²) in [5, 5.41) is 6.37. The zero-order valence-electron chi connectivity index (χ0n) is 18.7. The van der Waals surface area contributed by atoms with E-state index in [2.05, 4.69) is 15.6 Å². The van der Waals surface area contributed by atoms with E-state index in [1.807, 2.05) is 30.3 Å². The summed E-state index contributed by atoms with van der Waals surface area (Å²) in [5.74, 6) is 0. The molecule has 0 aliphatic heterocycles. The number of alkyl halides is 3. The number of nitrogens with zero attached hydrogens (tertiary/aromatic N) is 1. The van der Waals surface area contributed by atoms with Gasteiger partial charge in [-0.1, -0.05) is 66.4 Å². The Morgan fingerprint density at radius 3 is 2.34 bits per heavy atom. The molecule has 0 bridgehead atoms. The fourth-order valence-electron chi connectivity index (χ4n) is 4.54. The highest BCUT2D eigenvalue weighted by atomic mass is 35.5. The van der Waals surface area contributed by atoms with Crippen molar-refractivity contribution >= 4 is 29.2 Å². The van der Waals surface area contributed by atoms with Crippen molar-refractivity contribution in [2.45, 2.75) is 49.9 Å². The number of carbonyl (C=O) groups is 1. The number of hydrogen-bond donors (Lipinski definition) is 2. The Morgan fingerprint density at radius 1 is 1.00 bits per heavy atom. The number of aromatic nitrogens is 1. The average Bonchev–Trinajstić information content (AvgIpc) is 3.32. The number of benzene rings is 2. The van der Waals surface area contributed by atoms with Crippen LogP contribution in [0.1, 0.15) is 48.1 Å². The van der Waals surface area contributed by atoms with Gasteiger partial charge in [0.1, 0.15) is 5.54 Å². The Labute approximate surface area is 211 Å². The largest absolute Gasteiger partial charge is 0.416 e. The minimum atomic E-state index is -4.60. The van der Waals surface area contributed by atoms with Gasteiger partial charge in [0.2, 0.25) is 0 Å². The predicted octanol–water partition coefficient (Wildman–Crippen LogP) is 7.14. The van der Waals surface area contributed by atoms with Crippen molar-refractivity contribution in [3.63, 3.8) is 0 Å². The van der Waals surface area contributed by atoms with Gasteiger partial charge in [0.15, 0.2) is 0 Å². The van der Waals surface area contributed by atoms with Gasteiger partial charge < -0.3 is 10.6 Å². The highest BCUT2D eigenvalue weighted by Gasteiger charge is 2.42. The third-order valence-corrected chi connectivity index (χ3v) is 6.80. The SMILES string of the molecule is O=C(NC1CCCC1)NC(Cc1ccccc1)(c1ccc(Cl)cn1)c1cc(C(F)(F)F)ccc1Cl. The molecule has 2 aromatic carbocycles. The highest BCUT2D eigenvalue weighted by Crippen LogP contribution is 2.40. The minimum Gasteiger partial charge on any atom is -0.335 e. The Hall–Kier alpha value is -2.77. The lowest BCUT2D eigenvalue weighted by atomic mass is 9.79. The smallest absolute Gasteiger partial charge is 0.335 e. The number of halogens is 5. The van der Waals surface area contributed by atoms with Gasteiger partial charge in [-0.2, -0.15) is 13.2 Å². The molecule has 1 unspecified atom stereocenters. The zero-order chi connectivity index (χ0) is 25.1. The number of amides is 2. The quantitative estimate of drug-likeness (QED) is 0.362. The highest BCUT2D eigenvalue weighted by molar-refractivity contribution is 6.31. The predicted molar refractivity (Wildman–Crippen MR) is 131 cm³/mol. The summed E-state index contributed by atoms with van der Waals surface area (Å²) in [6, 6.07) is 14.9. The van der Waals surface area contributed by atoms with Crippen LogP contribution in [0, 0.1) is 0 Å². The van der Waals surface area contributed by atoms with Crippen LogP contribution < -0.4 is 10.6 Å². The first-order chi connectivity index (χ1) is 16.7. The molecule has 0 radical (unpaired) electrons. The molecule has 1 aliphatic rings. The molecular weight excluding hydrogens is 498 g/mol. The number of rotatable bonds is 6. The lowest BCUT2D eigenvalue weighted by molar-refractivity contribution is -0.137. The van der Waals surface area contributed by atoms with E-state index in [1.165, 1.54) is 12.3 Å². The van der Waals surface area contributed by atoms with Gasteiger partial charge in [-0.3, -0.25) is 4.98 Å². The second-order valence-electron chi connectivity index (χ2n) is 8.70. The second kappa shape index (κ2) is 10.5. The van der Waals surface area contributed by atoms with Gasteiger partial charge in [0.05, 0.1) is 16.3 Å². The van der Waals surface area contributed by atoms with Crippen LogP contribution in [0.3, 0.4) is 0 Å². The summed E-state index contributed by atoms with van der Waals surface area (Å²) in [4.78, 5) is 17.7. The Balaban J connectivity index is 1.90. The Kier molecular flexibility index (Phi) is 7.57. The standard InChI is InChI=1S/C26H24Cl2F3N3O/c27-19-11-13-23(32-16-19)25(15-17-6-2-1-3-7-17,34-24(35)33-20-8-4-5-9-20)21-14-18(26(29,30)31)10-12-22(21)28/h1-3,6-7,10-14,16,20H,4-5,8-9,15H2,(H2,33,34,35). The summed E-state index contributed by atoms with van der Waals surface area (Å²) in [6.45, 7) is 0. The van der Waals surface area contributed by atoms with Crippen molar-refractivity contribution in [3.05, 3.63) is 99.3 Å². The molecule has 1 heterocycles. The monoisotopic (exact) mass is 521 g/mol. The average molecular weight is 522 g/mol. The van der Waals surface area contributed by atoms with Crippen molar-refractivity contribution in [1.82, 2.24) is 15.6 Å². The first-order valence-electron chi connectivity index (χ1n) is 11.3. The fraction of sp³-hybridized carbons (Fsp3) is 0.308. The van der Waals surface area contributed by atoms with Gasteiger partial charge in [0.25, 0.3) is 0 Å². The van der Waals surface area contributed by atoms with Crippen LogP contribution in [0.15, 0.2) is 66.9 Å². The Bertz CT molecular complexity index is 1170. The first-order valence-corrected chi connectivity index (χ1v) is 12.0. The summed E-state index contributed by atoms with van der Waals surface area (Å²) in [5.41, 5.74) is -1.20. The number of urea groups is 1. The van der Waals surface area contributed by atoms with Crippen molar-refractivity contribution < 1.29 is 18.0 Å². The normalized spacial score (nSPS) is 16.0. The first kappa shape index (κ1) is 25.3. The maximum Gasteiger partial charge on any atom is 0.416 e. The van der Waals surface area contributed by atoms with Crippen LogP contribution in [0.5, 0.6) is 0 Å². The lowest BCUT2D eigenvalue weighted by Gasteiger charge is -2.36. The molecule has 184 valence electrons. The van der Waals surface area contributed by atoms with Crippen molar-refractivity contribution in [2.75, 3.05) is 0 Å². The molecule has 1 fully saturated rings. The van der Waals surface area contributed by atoms with Crippen molar-refractivity contribution in [1.29, 1.82) is 0 Å². The molecule has 1 saturated carbocycles. The molecular formula is C26H24Cl2F3N3O. The molecule has 1 aliphatic carbocycles. The van der Waals surface area contributed by atoms with Crippen LogP contribution in [0.25, 0.3) is 0 Å². The van der Waals surface area contributed by atoms with E-state index in [9.17, 15) is 18.0 Å². The summed E-state index contributed by atoms with van der Waals surface area (Å²) in [7, 11) is 0. The molecule has 2 amide bonds. The van der Waals surface area contributed by atoms with Crippen LogP contribution >= 0.6 is 23.2 Å².